The maximum Gasteiger partial charge on any atom is 0.251 e. The Morgan fingerprint density at radius 2 is 0.837 bits per heavy atom. The summed E-state index contributed by atoms with van der Waals surface area (Å²) in [5, 5.41) is 5.24. The normalized spacial score (nSPS) is 10.9. The van der Waals surface area contributed by atoms with Crippen LogP contribution in [0.25, 0.3) is 0 Å². The van der Waals surface area contributed by atoms with Crippen molar-refractivity contribution in [1.82, 2.24) is 5.32 Å². The molecule has 4 rings (SSSR count). The Hall–Kier alpha value is -5.02. The van der Waals surface area contributed by atoms with Crippen molar-refractivity contribution >= 4 is 29.1 Å². The van der Waals surface area contributed by atoms with Gasteiger partial charge in [-0.2, -0.15) is 0 Å². The molecule has 0 atom stereocenters. The summed E-state index contributed by atoms with van der Waals surface area (Å²) in [6.45, 7) is 0.345. The second kappa shape index (κ2) is 16.9. The Balaban J connectivity index is 2.17. The fraction of sp³-hybridized carbons (Fsp3) is 0.324. The van der Waals surface area contributed by atoms with E-state index in [1.165, 1.54) is 0 Å². The molecule has 0 spiro atoms. The van der Waals surface area contributed by atoms with Gasteiger partial charge in [0.2, 0.25) is 0 Å². The molecule has 4 aromatic carbocycles. The van der Waals surface area contributed by atoms with Crippen LogP contribution in [0.3, 0.4) is 0 Å². The van der Waals surface area contributed by atoms with Crippen LogP contribution in [0, 0.1) is 0 Å². The number of ether oxygens (including phenoxy) is 9. The van der Waals surface area contributed by atoms with Crippen molar-refractivity contribution in [2.24, 2.45) is 0 Å². The van der Waals surface area contributed by atoms with Crippen LogP contribution in [-0.2, 0) is 0 Å². The minimum atomic E-state index is -3.17. The summed E-state index contributed by atoms with van der Waals surface area (Å²) in [6, 6.07) is 20.0. The minimum Gasteiger partial charge on any atom is -0.496 e. The second-order valence-corrected chi connectivity index (χ2v) is 14.1. The zero-order valence-corrected chi connectivity index (χ0v) is 30.4. The molecule has 0 aliphatic carbocycles. The van der Waals surface area contributed by atoms with E-state index >= 15 is 0 Å². The lowest BCUT2D eigenvalue weighted by Crippen LogP contribution is -2.38. The standard InChI is InChI=1S/C37H44NO10P/c1-40-25-18-28(43-4)34(29(19-25)44-5)49(17-13-16-38-37(39)24-14-11-10-12-15-24,35-30(45-6)20-26(41-2)21-31(35)46-7)36-32(47-8)22-27(42-3)23-33(36)48-9/h10-12,14-15,18-23H,13,16-17H2,1-9H3/p+1. The maximum absolute atomic E-state index is 13.1. The van der Waals surface area contributed by atoms with Gasteiger partial charge in [0.15, 0.2) is 50.4 Å². The molecule has 12 heteroatoms. The topological polar surface area (TPSA) is 112 Å². The fourth-order valence-corrected chi connectivity index (χ4v) is 11.1. The molecule has 0 saturated carbocycles. The highest BCUT2D eigenvalue weighted by atomic mass is 31.2. The number of hydrogen-bond donors (Lipinski definition) is 1. The first-order valence-corrected chi connectivity index (χ1v) is 17.4. The van der Waals surface area contributed by atoms with E-state index in [1.807, 2.05) is 54.6 Å². The van der Waals surface area contributed by atoms with Crippen molar-refractivity contribution in [3.8, 4) is 51.7 Å². The average molecular weight is 695 g/mol. The molecule has 0 fully saturated rings. The Kier molecular flexibility index (Phi) is 12.7. The van der Waals surface area contributed by atoms with E-state index in [2.05, 4.69) is 5.32 Å². The van der Waals surface area contributed by atoms with Gasteiger partial charge in [0.25, 0.3) is 5.91 Å². The Morgan fingerprint density at radius 3 is 1.12 bits per heavy atom. The first-order valence-electron chi connectivity index (χ1n) is 15.4. The summed E-state index contributed by atoms with van der Waals surface area (Å²) in [6.07, 6.45) is 0.945. The van der Waals surface area contributed by atoms with Gasteiger partial charge in [0.05, 0.1) is 70.2 Å². The smallest absolute Gasteiger partial charge is 0.251 e. The van der Waals surface area contributed by atoms with Gasteiger partial charge < -0.3 is 47.9 Å². The third-order valence-corrected chi connectivity index (χ3v) is 12.8. The third kappa shape index (κ3) is 7.37. The van der Waals surface area contributed by atoms with Gasteiger partial charge in [-0.05, 0) is 18.6 Å². The van der Waals surface area contributed by atoms with Gasteiger partial charge in [0.1, 0.15) is 24.5 Å². The molecule has 11 nitrogen and oxygen atoms in total. The number of amides is 1. The van der Waals surface area contributed by atoms with Crippen LogP contribution in [0.2, 0.25) is 0 Å². The molecule has 0 aromatic heterocycles. The van der Waals surface area contributed by atoms with Gasteiger partial charge in [-0.3, -0.25) is 4.79 Å². The number of hydrogen-bond acceptors (Lipinski definition) is 10. The summed E-state index contributed by atoms with van der Waals surface area (Å²) in [5.41, 5.74) is 0.569. The molecule has 0 aliphatic rings. The van der Waals surface area contributed by atoms with Crippen molar-refractivity contribution in [1.29, 1.82) is 0 Å². The van der Waals surface area contributed by atoms with E-state index in [9.17, 15) is 4.79 Å². The van der Waals surface area contributed by atoms with Gasteiger partial charge in [-0.15, -0.1) is 0 Å². The lowest BCUT2D eigenvalue weighted by molar-refractivity contribution is 0.0953. The van der Waals surface area contributed by atoms with E-state index < -0.39 is 7.26 Å². The molecular weight excluding hydrogens is 649 g/mol. The fourth-order valence-electron chi connectivity index (χ4n) is 5.97. The zero-order valence-electron chi connectivity index (χ0n) is 29.5. The average Bonchev–Trinajstić information content (AvgIpc) is 3.16. The van der Waals surface area contributed by atoms with Crippen molar-refractivity contribution in [2.75, 3.05) is 76.7 Å². The molecule has 0 aliphatic heterocycles. The molecule has 262 valence electrons. The highest BCUT2D eigenvalue weighted by Gasteiger charge is 2.57. The first kappa shape index (κ1) is 36.8. The van der Waals surface area contributed by atoms with Crippen LogP contribution in [0.5, 0.6) is 51.7 Å². The number of benzene rings is 4. The Labute approximate surface area is 288 Å². The molecule has 0 saturated heterocycles. The van der Waals surface area contributed by atoms with Gasteiger partial charge in [0, 0.05) is 48.5 Å². The second-order valence-electron chi connectivity index (χ2n) is 10.7. The Morgan fingerprint density at radius 1 is 0.510 bits per heavy atom. The highest BCUT2D eigenvalue weighted by molar-refractivity contribution is 7.96. The zero-order chi connectivity index (χ0) is 35.6. The summed E-state index contributed by atoms with van der Waals surface area (Å²) < 4.78 is 53.9. The number of methoxy groups -OCH3 is 9. The SMILES string of the molecule is COc1cc(OC)c([P+](CCCNC(=O)c2ccccc2)(c2c(OC)cc(OC)cc2OC)c2c(OC)cc(OC)cc2OC)c(OC)c1. The lowest BCUT2D eigenvalue weighted by Gasteiger charge is -2.33. The number of nitrogens with one attached hydrogen (secondary N) is 1. The minimum absolute atomic E-state index is 0.177. The molecule has 0 heterocycles. The molecule has 4 aromatic rings. The van der Waals surface area contributed by atoms with E-state index in [0.717, 1.165) is 15.9 Å². The van der Waals surface area contributed by atoms with Crippen LogP contribution >= 0.6 is 7.26 Å². The monoisotopic (exact) mass is 694 g/mol. The van der Waals surface area contributed by atoms with Crippen LogP contribution in [0.15, 0.2) is 66.7 Å². The van der Waals surface area contributed by atoms with Crippen LogP contribution in [0.4, 0.5) is 0 Å². The summed E-state index contributed by atoms with van der Waals surface area (Å²) in [7, 11) is 11.1. The molecule has 0 bridgehead atoms. The van der Waals surface area contributed by atoms with E-state index in [4.69, 9.17) is 42.6 Å². The summed E-state index contributed by atoms with van der Waals surface area (Å²) >= 11 is 0. The van der Waals surface area contributed by atoms with Crippen molar-refractivity contribution in [2.45, 2.75) is 6.42 Å². The van der Waals surface area contributed by atoms with E-state index in [0.29, 0.717) is 76.4 Å². The predicted octanol–water partition coefficient (Wildman–Crippen LogP) is 4.88. The Bertz CT molecular complexity index is 1500. The molecule has 0 radical (unpaired) electrons. The molecule has 1 amide bonds. The molecule has 49 heavy (non-hydrogen) atoms. The largest absolute Gasteiger partial charge is 0.496 e. The van der Waals surface area contributed by atoms with E-state index in [-0.39, 0.29) is 5.91 Å². The highest BCUT2D eigenvalue weighted by Crippen LogP contribution is 2.66. The lowest BCUT2D eigenvalue weighted by atomic mass is 10.2. The van der Waals surface area contributed by atoms with Crippen LogP contribution in [-0.4, -0.2) is 82.6 Å². The first-order chi connectivity index (χ1) is 23.8. The number of rotatable bonds is 17. The summed E-state index contributed by atoms with van der Waals surface area (Å²) in [4.78, 5) is 13.1. The molecule has 0 unspecified atom stereocenters. The maximum atomic E-state index is 13.1. The third-order valence-electron chi connectivity index (χ3n) is 8.20. The molecular formula is C37H45NO10P+. The van der Waals surface area contributed by atoms with Crippen LogP contribution in [0.1, 0.15) is 16.8 Å². The van der Waals surface area contributed by atoms with Crippen molar-refractivity contribution < 1.29 is 47.4 Å². The predicted molar refractivity (Wildman–Crippen MR) is 192 cm³/mol. The quantitative estimate of drug-likeness (QED) is 0.121. The number of carbonyl (C=O) groups is 1. The van der Waals surface area contributed by atoms with E-state index in [1.54, 1.807) is 76.1 Å². The van der Waals surface area contributed by atoms with Crippen LogP contribution < -0.4 is 63.9 Å². The summed E-state index contributed by atoms with van der Waals surface area (Å²) in [5.74, 6) is 4.42. The van der Waals surface area contributed by atoms with Crippen molar-refractivity contribution in [3.63, 3.8) is 0 Å². The molecule has 1 N–H and O–H groups in total. The van der Waals surface area contributed by atoms with Gasteiger partial charge in [-0.25, -0.2) is 0 Å². The number of carbonyl (C=O) groups excluding carboxylic acids is 1. The van der Waals surface area contributed by atoms with Crippen molar-refractivity contribution in [3.05, 3.63) is 72.3 Å². The van der Waals surface area contributed by atoms with Gasteiger partial charge in [-0.1, -0.05) is 18.2 Å². The van der Waals surface area contributed by atoms with Gasteiger partial charge >= 0.3 is 0 Å².